The van der Waals surface area contributed by atoms with Crippen molar-refractivity contribution in [1.82, 2.24) is 5.32 Å². The van der Waals surface area contributed by atoms with Crippen LogP contribution in [0.25, 0.3) is 0 Å². The van der Waals surface area contributed by atoms with Crippen molar-refractivity contribution in [1.29, 1.82) is 0 Å². The first kappa shape index (κ1) is 14.8. The molecule has 0 amide bonds. The highest BCUT2D eigenvalue weighted by Crippen LogP contribution is 2.30. The lowest BCUT2D eigenvalue weighted by atomic mass is 9.93. The van der Waals surface area contributed by atoms with Crippen LogP contribution < -0.4 is 5.32 Å². The Morgan fingerprint density at radius 1 is 1.42 bits per heavy atom. The van der Waals surface area contributed by atoms with E-state index in [-0.39, 0.29) is 5.38 Å². The summed E-state index contributed by atoms with van der Waals surface area (Å²) in [6, 6.07) is 0. The third kappa shape index (κ3) is 4.44. The molecule has 3 rings (SSSR count). The number of hydrogen-bond donors (Lipinski definition) is 1. The van der Waals surface area contributed by atoms with Crippen molar-refractivity contribution in [2.24, 2.45) is 16.1 Å². The van der Waals surface area contributed by atoms with Crippen LogP contribution in [0.5, 0.6) is 0 Å². The van der Waals surface area contributed by atoms with Gasteiger partial charge in [-0.05, 0) is 43.9 Å². The molecular formula is C14H19Cl2N3. The van der Waals surface area contributed by atoms with Gasteiger partial charge in [-0.2, -0.15) is 10.2 Å². The molecule has 0 radical (unpaired) electrons. The van der Waals surface area contributed by atoms with Crippen LogP contribution in [0.3, 0.4) is 0 Å². The molecule has 0 aromatic heterocycles. The normalized spacial score (nSPS) is 29.3. The van der Waals surface area contributed by atoms with Crippen LogP contribution in [0.4, 0.5) is 0 Å². The summed E-state index contributed by atoms with van der Waals surface area (Å²) >= 11 is 12.0. The molecule has 0 saturated carbocycles. The molecular weight excluding hydrogens is 281 g/mol. The van der Waals surface area contributed by atoms with E-state index in [1.54, 1.807) is 6.21 Å². The standard InChI is InChI=1S/C10H13Cl2N.C4H6N2/c11-9-2-1-7(5-10(9)12)8-3-4-13-6-8;1-4-2-3-5-6-4/h1,5,8-9,13H,2-4,6H2;3H,2H2,1H3. The van der Waals surface area contributed by atoms with Crippen LogP contribution in [0.15, 0.2) is 33.0 Å². The zero-order valence-electron chi connectivity index (χ0n) is 11.1. The number of nitrogens with one attached hydrogen (secondary N) is 1. The van der Waals surface area contributed by atoms with Gasteiger partial charge >= 0.3 is 0 Å². The fraction of sp³-hybridized carbons (Fsp3) is 0.571. The molecule has 1 saturated heterocycles. The van der Waals surface area contributed by atoms with E-state index in [0.717, 1.165) is 36.7 Å². The van der Waals surface area contributed by atoms with Crippen molar-refractivity contribution in [2.45, 2.75) is 31.6 Å². The number of rotatable bonds is 1. The summed E-state index contributed by atoms with van der Waals surface area (Å²) in [4.78, 5) is 0. The van der Waals surface area contributed by atoms with Gasteiger partial charge in [0.05, 0.1) is 5.38 Å². The number of allylic oxidation sites excluding steroid dienone is 3. The molecule has 2 heterocycles. The zero-order chi connectivity index (χ0) is 13.7. The van der Waals surface area contributed by atoms with E-state index in [1.165, 1.54) is 12.0 Å². The third-order valence-electron chi connectivity index (χ3n) is 3.39. The Kier molecular flexibility index (Phi) is 5.61. The highest BCUT2D eigenvalue weighted by Gasteiger charge is 2.21. The number of hydrogen-bond acceptors (Lipinski definition) is 3. The molecule has 1 aliphatic carbocycles. The van der Waals surface area contributed by atoms with E-state index in [1.807, 2.05) is 13.0 Å². The van der Waals surface area contributed by atoms with E-state index in [9.17, 15) is 0 Å². The largest absolute Gasteiger partial charge is 0.316 e. The van der Waals surface area contributed by atoms with Crippen molar-refractivity contribution >= 4 is 35.1 Å². The minimum atomic E-state index is -0.000205. The summed E-state index contributed by atoms with van der Waals surface area (Å²) in [6.45, 7) is 4.17. The van der Waals surface area contributed by atoms with Gasteiger partial charge in [0.25, 0.3) is 0 Å². The second-order valence-electron chi connectivity index (χ2n) is 4.96. The molecule has 2 unspecified atom stereocenters. The Balaban J connectivity index is 0.000000186. The molecule has 2 aliphatic heterocycles. The van der Waals surface area contributed by atoms with Gasteiger partial charge in [-0.3, -0.25) is 0 Å². The Morgan fingerprint density at radius 2 is 2.26 bits per heavy atom. The summed E-state index contributed by atoms with van der Waals surface area (Å²) in [6.07, 6.45) is 9.11. The molecule has 1 fully saturated rings. The van der Waals surface area contributed by atoms with Gasteiger partial charge in [0.1, 0.15) is 0 Å². The number of nitrogens with zero attached hydrogens (tertiary/aromatic N) is 2. The molecule has 3 aliphatic rings. The van der Waals surface area contributed by atoms with Gasteiger partial charge < -0.3 is 5.32 Å². The Bertz CT molecular complexity index is 432. The summed E-state index contributed by atoms with van der Waals surface area (Å²) in [5, 5.41) is 11.5. The summed E-state index contributed by atoms with van der Waals surface area (Å²) in [5.41, 5.74) is 2.47. The van der Waals surface area contributed by atoms with E-state index >= 15 is 0 Å². The molecule has 104 valence electrons. The highest BCUT2D eigenvalue weighted by atomic mass is 35.5. The van der Waals surface area contributed by atoms with Crippen molar-refractivity contribution in [3.05, 3.63) is 22.8 Å². The average Bonchev–Trinajstić information content (AvgIpc) is 3.06. The van der Waals surface area contributed by atoms with Gasteiger partial charge in [-0.1, -0.05) is 17.7 Å². The Morgan fingerprint density at radius 3 is 2.74 bits per heavy atom. The van der Waals surface area contributed by atoms with Crippen molar-refractivity contribution < 1.29 is 0 Å². The maximum Gasteiger partial charge on any atom is 0.0726 e. The third-order valence-corrected chi connectivity index (χ3v) is 4.29. The van der Waals surface area contributed by atoms with Crippen LogP contribution >= 0.6 is 23.2 Å². The molecule has 1 N–H and O–H groups in total. The second-order valence-corrected chi connectivity index (χ2v) is 5.93. The Hall–Kier alpha value is -0.640. The minimum Gasteiger partial charge on any atom is -0.316 e. The van der Waals surface area contributed by atoms with Crippen molar-refractivity contribution in [3.8, 4) is 0 Å². The summed E-state index contributed by atoms with van der Waals surface area (Å²) < 4.78 is 0. The molecule has 5 heteroatoms. The first-order valence-electron chi connectivity index (χ1n) is 6.63. The van der Waals surface area contributed by atoms with Crippen LogP contribution in [0.1, 0.15) is 26.2 Å². The summed E-state index contributed by atoms with van der Waals surface area (Å²) in [5.74, 6) is 0.651. The van der Waals surface area contributed by atoms with Gasteiger partial charge in [0, 0.05) is 29.9 Å². The smallest absolute Gasteiger partial charge is 0.0726 e. The lowest BCUT2D eigenvalue weighted by Crippen LogP contribution is -2.13. The van der Waals surface area contributed by atoms with Crippen LogP contribution in [0.2, 0.25) is 0 Å². The lowest BCUT2D eigenvalue weighted by Gasteiger charge is -2.17. The quantitative estimate of drug-likeness (QED) is 0.739. The predicted octanol–water partition coefficient (Wildman–Crippen LogP) is 3.49. The zero-order valence-corrected chi connectivity index (χ0v) is 12.6. The van der Waals surface area contributed by atoms with E-state index in [0.29, 0.717) is 5.92 Å². The van der Waals surface area contributed by atoms with Crippen LogP contribution in [0, 0.1) is 5.92 Å². The first-order chi connectivity index (χ1) is 9.16. The van der Waals surface area contributed by atoms with Gasteiger partial charge in [0.2, 0.25) is 0 Å². The molecule has 0 spiro atoms. The monoisotopic (exact) mass is 299 g/mol. The maximum absolute atomic E-state index is 6.01. The number of halogens is 2. The van der Waals surface area contributed by atoms with E-state index in [2.05, 4.69) is 21.6 Å². The SMILES string of the molecule is CC1=NN=CC1.ClC1=CC(C2CCNC2)=CCC1Cl. The lowest BCUT2D eigenvalue weighted by molar-refractivity contribution is 0.688. The number of alkyl halides is 1. The predicted molar refractivity (Wildman–Crippen MR) is 83.5 cm³/mol. The average molecular weight is 300 g/mol. The minimum absolute atomic E-state index is 0.000205. The van der Waals surface area contributed by atoms with Gasteiger partial charge in [0.15, 0.2) is 0 Å². The fourth-order valence-corrected chi connectivity index (χ4v) is 2.60. The molecule has 0 aromatic carbocycles. The van der Waals surface area contributed by atoms with Crippen molar-refractivity contribution in [2.75, 3.05) is 13.1 Å². The highest BCUT2D eigenvalue weighted by molar-refractivity contribution is 6.37. The maximum atomic E-state index is 6.01. The van der Waals surface area contributed by atoms with E-state index in [4.69, 9.17) is 23.2 Å². The molecule has 3 nitrogen and oxygen atoms in total. The van der Waals surface area contributed by atoms with Crippen LogP contribution in [-0.4, -0.2) is 30.4 Å². The molecule has 19 heavy (non-hydrogen) atoms. The van der Waals surface area contributed by atoms with Gasteiger partial charge in [-0.15, -0.1) is 11.6 Å². The van der Waals surface area contributed by atoms with E-state index < -0.39 is 0 Å². The second kappa shape index (κ2) is 7.22. The molecule has 2 atom stereocenters. The molecule has 0 bridgehead atoms. The van der Waals surface area contributed by atoms with Gasteiger partial charge in [-0.25, -0.2) is 0 Å². The molecule has 0 aromatic rings. The Labute approximate surface area is 124 Å². The van der Waals surface area contributed by atoms with Crippen molar-refractivity contribution in [3.63, 3.8) is 0 Å². The van der Waals surface area contributed by atoms with Crippen LogP contribution in [-0.2, 0) is 0 Å². The fourth-order valence-electron chi connectivity index (χ4n) is 2.24. The first-order valence-corrected chi connectivity index (χ1v) is 7.45. The summed E-state index contributed by atoms with van der Waals surface area (Å²) in [7, 11) is 0. The topological polar surface area (TPSA) is 36.8 Å².